The molecule has 2 N–H and O–H groups in total. The van der Waals surface area contributed by atoms with Crippen molar-refractivity contribution in [1.29, 1.82) is 0 Å². The van der Waals surface area contributed by atoms with E-state index in [9.17, 15) is 27.6 Å². The molecule has 2 saturated heterocycles. The summed E-state index contributed by atoms with van der Waals surface area (Å²) in [6, 6.07) is 9.53. The molecule has 0 aliphatic carbocycles. The summed E-state index contributed by atoms with van der Waals surface area (Å²) >= 11 is 13.7. The first-order chi connectivity index (χ1) is 20.0. The summed E-state index contributed by atoms with van der Waals surface area (Å²) in [4.78, 5) is 42.7. The number of halogens is 5. The summed E-state index contributed by atoms with van der Waals surface area (Å²) in [6.07, 6.45) is -3.97. The van der Waals surface area contributed by atoms with E-state index in [4.69, 9.17) is 27.9 Å². The van der Waals surface area contributed by atoms with E-state index >= 15 is 0 Å². The molecule has 2 atom stereocenters. The third-order valence-electron chi connectivity index (χ3n) is 6.87. The average molecular weight is 648 g/mol. The van der Waals surface area contributed by atoms with E-state index in [0.717, 1.165) is 38.2 Å². The number of amides is 3. The van der Waals surface area contributed by atoms with Crippen molar-refractivity contribution < 1.29 is 32.3 Å². The Labute approximate surface area is 256 Å². The third kappa shape index (κ3) is 9.00. The molecule has 3 amide bonds. The second-order valence-corrected chi connectivity index (χ2v) is 12.1. The van der Waals surface area contributed by atoms with Gasteiger partial charge >= 0.3 is 6.18 Å². The van der Waals surface area contributed by atoms with Crippen molar-refractivity contribution in [2.45, 2.75) is 36.2 Å². The average Bonchev–Trinajstić information content (AvgIpc) is 3.24. The van der Waals surface area contributed by atoms with Gasteiger partial charge in [0.2, 0.25) is 17.7 Å². The monoisotopic (exact) mass is 646 g/mol. The molecule has 42 heavy (non-hydrogen) atoms. The van der Waals surface area contributed by atoms with Crippen molar-refractivity contribution in [1.82, 2.24) is 20.4 Å². The van der Waals surface area contributed by atoms with E-state index < -0.39 is 34.2 Å². The first kappa shape index (κ1) is 32.4. The van der Waals surface area contributed by atoms with Gasteiger partial charge in [-0.2, -0.15) is 13.2 Å². The summed E-state index contributed by atoms with van der Waals surface area (Å²) in [7, 11) is 0. The van der Waals surface area contributed by atoms with E-state index in [1.807, 2.05) is 0 Å². The van der Waals surface area contributed by atoms with Crippen molar-refractivity contribution in [2.75, 3.05) is 45.9 Å². The Morgan fingerprint density at radius 2 is 1.81 bits per heavy atom. The fourth-order valence-electron chi connectivity index (χ4n) is 4.69. The van der Waals surface area contributed by atoms with Gasteiger partial charge in [-0.25, -0.2) is 0 Å². The standard InChI is InChI=1S/C28H31Cl2F3N4O4S/c29-20-5-6-21(22(30)14-20)27-37(17-25(39)34-7-2-8-36-9-11-41-12-10-36)26(40)23(42-27)15-24(38)35-16-18-3-1-4-19(13-18)28(31,32)33/h1,3-6,13-14,23,27H,2,7-12,15-17H2,(H,34,39)(H,35,38)/t23-,27-/m1/s1. The molecular weight excluding hydrogens is 616 g/mol. The van der Waals surface area contributed by atoms with Crippen molar-refractivity contribution in [3.05, 3.63) is 69.2 Å². The molecule has 2 fully saturated rings. The quantitative estimate of drug-likeness (QED) is 0.350. The molecule has 0 aromatic heterocycles. The van der Waals surface area contributed by atoms with Crippen LogP contribution in [0.15, 0.2) is 42.5 Å². The van der Waals surface area contributed by atoms with Gasteiger partial charge in [0.05, 0.1) is 24.0 Å². The van der Waals surface area contributed by atoms with Crippen molar-refractivity contribution in [3.63, 3.8) is 0 Å². The number of benzene rings is 2. The molecule has 0 unspecified atom stereocenters. The molecular formula is C28H31Cl2F3N4O4S. The van der Waals surface area contributed by atoms with Crippen molar-refractivity contribution in [2.24, 2.45) is 0 Å². The van der Waals surface area contributed by atoms with Crippen molar-refractivity contribution in [3.8, 4) is 0 Å². The van der Waals surface area contributed by atoms with E-state index in [1.165, 1.54) is 28.8 Å². The van der Waals surface area contributed by atoms with Crippen LogP contribution in [0, 0.1) is 0 Å². The van der Waals surface area contributed by atoms with E-state index in [0.29, 0.717) is 35.4 Å². The summed E-state index contributed by atoms with van der Waals surface area (Å²) in [6.45, 7) is 4.01. The molecule has 4 rings (SSSR count). The Morgan fingerprint density at radius 3 is 2.52 bits per heavy atom. The van der Waals surface area contributed by atoms with Crippen LogP contribution < -0.4 is 10.6 Å². The van der Waals surface area contributed by atoms with E-state index in [2.05, 4.69) is 15.5 Å². The lowest BCUT2D eigenvalue weighted by Gasteiger charge is -2.26. The van der Waals surface area contributed by atoms with Gasteiger partial charge in [0.1, 0.15) is 11.9 Å². The minimum Gasteiger partial charge on any atom is -0.379 e. The smallest absolute Gasteiger partial charge is 0.379 e. The summed E-state index contributed by atoms with van der Waals surface area (Å²) in [5.74, 6) is -1.25. The molecule has 14 heteroatoms. The van der Waals surface area contributed by atoms with E-state index in [-0.39, 0.29) is 31.0 Å². The summed E-state index contributed by atoms with van der Waals surface area (Å²) in [5, 5.41) is 4.72. The lowest BCUT2D eigenvalue weighted by molar-refractivity contribution is -0.137. The van der Waals surface area contributed by atoms with Crippen LogP contribution in [0.4, 0.5) is 13.2 Å². The molecule has 0 radical (unpaired) electrons. The first-order valence-electron chi connectivity index (χ1n) is 13.4. The number of nitrogens with zero attached hydrogens (tertiary/aromatic N) is 2. The Kier molecular flexibility index (Phi) is 11.4. The van der Waals surface area contributed by atoms with Crippen LogP contribution in [0.25, 0.3) is 0 Å². The molecule has 2 aliphatic heterocycles. The molecule has 2 aromatic carbocycles. The van der Waals surface area contributed by atoms with Gasteiger partial charge in [-0.05, 0) is 42.8 Å². The van der Waals surface area contributed by atoms with Crippen LogP contribution in [0.5, 0.6) is 0 Å². The highest BCUT2D eigenvalue weighted by Gasteiger charge is 2.43. The second-order valence-electron chi connectivity index (χ2n) is 9.95. The van der Waals surface area contributed by atoms with Crippen LogP contribution in [0.3, 0.4) is 0 Å². The van der Waals surface area contributed by atoms with Gasteiger partial charge in [0.15, 0.2) is 0 Å². The number of nitrogens with one attached hydrogen (secondary N) is 2. The predicted molar refractivity (Wildman–Crippen MR) is 155 cm³/mol. The number of ether oxygens (including phenoxy) is 1. The number of morpholine rings is 1. The number of carbonyl (C=O) groups is 3. The number of carbonyl (C=O) groups excluding carboxylic acids is 3. The van der Waals surface area contributed by atoms with Gasteiger partial charge in [0.25, 0.3) is 0 Å². The fraction of sp³-hybridized carbons (Fsp3) is 0.464. The normalized spacial score (nSPS) is 19.6. The third-order valence-corrected chi connectivity index (χ3v) is 8.89. The van der Waals surface area contributed by atoms with Crippen LogP contribution in [-0.2, 0) is 31.8 Å². The first-order valence-corrected chi connectivity index (χ1v) is 15.1. The molecule has 2 aromatic rings. The van der Waals surface area contributed by atoms with Crippen LogP contribution in [-0.4, -0.2) is 78.7 Å². The highest BCUT2D eigenvalue weighted by molar-refractivity contribution is 8.01. The topological polar surface area (TPSA) is 91.0 Å². The fourth-order valence-corrected chi connectivity index (χ4v) is 6.76. The maximum atomic E-state index is 13.4. The zero-order valence-corrected chi connectivity index (χ0v) is 24.9. The van der Waals surface area contributed by atoms with Gasteiger partial charge < -0.3 is 20.3 Å². The lowest BCUT2D eigenvalue weighted by atomic mass is 10.1. The van der Waals surface area contributed by atoms with Gasteiger partial charge in [-0.1, -0.05) is 41.4 Å². The maximum Gasteiger partial charge on any atom is 0.416 e. The zero-order valence-electron chi connectivity index (χ0n) is 22.6. The van der Waals surface area contributed by atoms with Gasteiger partial charge in [0, 0.05) is 48.2 Å². The maximum absolute atomic E-state index is 13.4. The van der Waals surface area contributed by atoms with Crippen molar-refractivity contribution >= 4 is 52.7 Å². The minimum atomic E-state index is -4.50. The Balaban J connectivity index is 1.36. The van der Waals surface area contributed by atoms with Crippen LogP contribution in [0.2, 0.25) is 10.0 Å². The Morgan fingerprint density at radius 1 is 1.05 bits per heavy atom. The van der Waals surface area contributed by atoms with Gasteiger partial charge in [-0.15, -0.1) is 11.8 Å². The highest BCUT2D eigenvalue weighted by Crippen LogP contribution is 2.46. The number of thioether (sulfide) groups is 1. The zero-order chi connectivity index (χ0) is 30.3. The molecule has 0 spiro atoms. The molecule has 2 aliphatic rings. The summed E-state index contributed by atoms with van der Waals surface area (Å²) < 4.78 is 44.4. The lowest BCUT2D eigenvalue weighted by Crippen LogP contribution is -2.42. The largest absolute Gasteiger partial charge is 0.416 e. The van der Waals surface area contributed by atoms with Gasteiger partial charge in [-0.3, -0.25) is 19.3 Å². The Hall–Kier alpha value is -2.51. The number of hydrogen-bond donors (Lipinski definition) is 2. The predicted octanol–water partition coefficient (Wildman–Crippen LogP) is 4.50. The second kappa shape index (κ2) is 14.8. The van der Waals surface area contributed by atoms with Crippen LogP contribution in [0.1, 0.15) is 34.9 Å². The summed E-state index contributed by atoms with van der Waals surface area (Å²) in [5.41, 5.74) is 0.0428. The number of hydrogen-bond acceptors (Lipinski definition) is 6. The number of rotatable bonds is 11. The number of alkyl halides is 3. The van der Waals surface area contributed by atoms with Crippen LogP contribution >= 0.6 is 35.0 Å². The Bertz CT molecular complexity index is 1280. The minimum absolute atomic E-state index is 0.128. The SMILES string of the molecule is O=C(C[C@H]1S[C@H](c2ccc(Cl)cc2Cl)N(CC(=O)NCCCN2CCOCC2)C1=O)NCc1cccc(C(F)(F)F)c1. The molecule has 8 nitrogen and oxygen atoms in total. The van der Waals surface area contributed by atoms with E-state index in [1.54, 1.807) is 18.2 Å². The molecule has 2 heterocycles. The molecule has 228 valence electrons. The highest BCUT2D eigenvalue weighted by atomic mass is 35.5. The molecule has 0 bridgehead atoms. The molecule has 0 saturated carbocycles.